The highest BCUT2D eigenvalue weighted by molar-refractivity contribution is 6.58. The number of pyridine rings is 1. The molecule has 0 unspecified atom stereocenters. The Morgan fingerprint density at radius 3 is 2.67 bits per heavy atom. The van der Waals surface area contributed by atoms with Gasteiger partial charge in [-0.15, -0.1) is 0 Å². The van der Waals surface area contributed by atoms with Gasteiger partial charge in [-0.3, -0.25) is 0 Å². The van der Waals surface area contributed by atoms with Gasteiger partial charge < -0.3 is 14.8 Å². The van der Waals surface area contributed by atoms with Crippen LogP contribution in [-0.4, -0.2) is 29.3 Å². The number of hydrogen-bond acceptors (Lipinski definition) is 4. The van der Waals surface area contributed by atoms with Gasteiger partial charge in [-0.2, -0.15) is 0 Å². The molecule has 0 saturated carbocycles. The lowest BCUT2D eigenvalue weighted by Crippen LogP contribution is -2.29. The topological polar surface area (TPSA) is 62.6 Å². The van der Waals surface area contributed by atoms with E-state index in [0.29, 0.717) is 11.3 Å². The quantitative estimate of drug-likeness (QED) is 0.670. The second-order valence-corrected chi connectivity index (χ2v) is 3.21. The number of ether oxygens (including phenoxy) is 1. The molecule has 0 aliphatic heterocycles. The van der Waals surface area contributed by atoms with Crippen molar-refractivity contribution >= 4 is 23.4 Å². The summed E-state index contributed by atoms with van der Waals surface area (Å²) in [7, 11) is 0.108. The molecule has 0 spiro atoms. The average Bonchev–Trinajstić information content (AvgIpc) is 2.27. The summed E-state index contributed by atoms with van der Waals surface area (Å²) < 4.78 is 4.99. The number of rotatable bonds is 2. The Kier molecular flexibility index (Phi) is 2.57. The molecule has 76 valence electrons. The van der Waals surface area contributed by atoms with Crippen molar-refractivity contribution in [2.75, 3.05) is 7.11 Å². The Hall–Kier alpha value is -1.59. The Morgan fingerprint density at radius 2 is 2.00 bits per heavy atom. The van der Waals surface area contributed by atoms with Crippen LogP contribution in [0.15, 0.2) is 30.5 Å². The van der Waals surface area contributed by atoms with Gasteiger partial charge in [0.2, 0.25) is 5.88 Å². The maximum Gasteiger partial charge on any atom is 0.488 e. The fourth-order valence-electron chi connectivity index (χ4n) is 1.41. The molecule has 5 heteroatoms. The molecular weight excluding hydrogens is 193 g/mol. The van der Waals surface area contributed by atoms with Crippen molar-refractivity contribution in [2.24, 2.45) is 0 Å². The Balaban J connectivity index is 2.55. The van der Waals surface area contributed by atoms with Crippen molar-refractivity contribution in [2.45, 2.75) is 0 Å². The van der Waals surface area contributed by atoms with E-state index in [1.165, 1.54) is 0 Å². The molecule has 2 rings (SSSR count). The van der Waals surface area contributed by atoms with Crippen LogP contribution in [0.1, 0.15) is 0 Å². The molecular formula is C10H10BNO3. The molecule has 0 radical (unpaired) electrons. The average molecular weight is 203 g/mol. The van der Waals surface area contributed by atoms with E-state index in [1.807, 2.05) is 0 Å². The first kappa shape index (κ1) is 9.95. The summed E-state index contributed by atoms with van der Waals surface area (Å²) in [6.45, 7) is 0. The lowest BCUT2D eigenvalue weighted by Gasteiger charge is -2.03. The summed E-state index contributed by atoms with van der Waals surface area (Å²) in [4.78, 5) is 4.04. The highest BCUT2D eigenvalue weighted by Crippen LogP contribution is 2.16. The summed E-state index contributed by atoms with van der Waals surface area (Å²) >= 11 is 0. The standard InChI is InChI=1S/C10H10BNO3/c1-15-10-5-7-2-3-9(11(13)14)4-8(7)6-12-10/h2-6,13-14H,1H3. The minimum atomic E-state index is -1.45. The van der Waals surface area contributed by atoms with E-state index in [-0.39, 0.29) is 0 Å². The number of hydrogen-bond donors (Lipinski definition) is 2. The zero-order valence-electron chi connectivity index (χ0n) is 8.21. The monoisotopic (exact) mass is 203 g/mol. The van der Waals surface area contributed by atoms with Crippen molar-refractivity contribution in [3.05, 3.63) is 30.5 Å². The zero-order chi connectivity index (χ0) is 10.8. The second kappa shape index (κ2) is 3.88. The molecule has 1 aromatic carbocycles. The van der Waals surface area contributed by atoms with Gasteiger partial charge in [0.05, 0.1) is 7.11 Å². The van der Waals surface area contributed by atoms with Crippen LogP contribution >= 0.6 is 0 Å². The highest BCUT2D eigenvalue weighted by atomic mass is 16.5. The molecule has 4 nitrogen and oxygen atoms in total. The van der Waals surface area contributed by atoms with Crippen LogP contribution in [0, 0.1) is 0 Å². The number of nitrogens with zero attached hydrogens (tertiary/aromatic N) is 1. The normalized spacial score (nSPS) is 10.3. The third-order valence-corrected chi connectivity index (χ3v) is 2.23. The van der Waals surface area contributed by atoms with Gasteiger partial charge >= 0.3 is 7.12 Å². The predicted octanol–water partition coefficient (Wildman–Crippen LogP) is -0.0768. The number of benzene rings is 1. The smallest absolute Gasteiger partial charge is 0.481 e. The Bertz CT molecular complexity index is 487. The zero-order valence-corrected chi connectivity index (χ0v) is 8.21. The summed E-state index contributed by atoms with van der Waals surface area (Å²) in [5.41, 5.74) is 0.453. The lowest BCUT2D eigenvalue weighted by molar-refractivity contribution is 0.399. The van der Waals surface area contributed by atoms with Crippen LogP contribution in [0.25, 0.3) is 10.8 Å². The van der Waals surface area contributed by atoms with Gasteiger partial charge in [0.1, 0.15) is 0 Å². The van der Waals surface area contributed by atoms with E-state index in [9.17, 15) is 0 Å². The van der Waals surface area contributed by atoms with Gasteiger partial charge in [-0.1, -0.05) is 18.2 Å². The lowest BCUT2D eigenvalue weighted by atomic mass is 9.79. The van der Waals surface area contributed by atoms with Gasteiger partial charge in [0.25, 0.3) is 0 Å². The van der Waals surface area contributed by atoms with Crippen molar-refractivity contribution in [1.29, 1.82) is 0 Å². The van der Waals surface area contributed by atoms with Crippen molar-refractivity contribution < 1.29 is 14.8 Å². The van der Waals surface area contributed by atoms with Gasteiger partial charge in [-0.05, 0) is 16.2 Å². The molecule has 0 aliphatic carbocycles. The second-order valence-electron chi connectivity index (χ2n) is 3.21. The first-order valence-corrected chi connectivity index (χ1v) is 4.50. The van der Waals surface area contributed by atoms with E-state index in [2.05, 4.69) is 4.98 Å². The van der Waals surface area contributed by atoms with Crippen molar-refractivity contribution in [3.8, 4) is 5.88 Å². The fourth-order valence-corrected chi connectivity index (χ4v) is 1.41. The van der Waals surface area contributed by atoms with E-state index >= 15 is 0 Å². The van der Waals surface area contributed by atoms with Crippen molar-refractivity contribution in [3.63, 3.8) is 0 Å². The third-order valence-electron chi connectivity index (χ3n) is 2.23. The fraction of sp³-hybridized carbons (Fsp3) is 0.100. The largest absolute Gasteiger partial charge is 0.488 e. The SMILES string of the molecule is COc1cc2ccc(B(O)O)cc2cn1. The van der Waals surface area contributed by atoms with E-state index in [4.69, 9.17) is 14.8 Å². The van der Waals surface area contributed by atoms with E-state index in [0.717, 1.165) is 10.8 Å². The van der Waals surface area contributed by atoms with Gasteiger partial charge in [0.15, 0.2) is 0 Å². The van der Waals surface area contributed by atoms with E-state index < -0.39 is 7.12 Å². The first-order valence-electron chi connectivity index (χ1n) is 4.50. The first-order chi connectivity index (χ1) is 7.20. The third kappa shape index (κ3) is 1.93. The molecule has 0 amide bonds. The summed E-state index contributed by atoms with van der Waals surface area (Å²) in [6, 6.07) is 6.94. The molecule has 1 heterocycles. The van der Waals surface area contributed by atoms with Crippen LogP contribution in [-0.2, 0) is 0 Å². The molecule has 0 fully saturated rings. The Labute approximate surface area is 87.3 Å². The van der Waals surface area contributed by atoms with Crippen LogP contribution in [0.2, 0.25) is 0 Å². The van der Waals surface area contributed by atoms with E-state index in [1.54, 1.807) is 37.6 Å². The molecule has 1 aromatic heterocycles. The van der Waals surface area contributed by atoms with Crippen molar-refractivity contribution in [1.82, 2.24) is 4.98 Å². The Morgan fingerprint density at radius 1 is 1.20 bits per heavy atom. The van der Waals surface area contributed by atoms with Crippen LogP contribution in [0.4, 0.5) is 0 Å². The molecule has 0 saturated heterocycles. The molecule has 2 N–H and O–H groups in total. The predicted molar refractivity (Wildman–Crippen MR) is 58.1 cm³/mol. The molecule has 0 atom stereocenters. The minimum Gasteiger partial charge on any atom is -0.481 e. The number of aromatic nitrogens is 1. The summed E-state index contributed by atoms with van der Waals surface area (Å²) in [5.74, 6) is 0.541. The summed E-state index contributed by atoms with van der Waals surface area (Å²) in [5, 5.41) is 19.8. The summed E-state index contributed by atoms with van der Waals surface area (Å²) in [6.07, 6.45) is 1.64. The van der Waals surface area contributed by atoms with Crippen LogP contribution < -0.4 is 10.2 Å². The molecule has 0 aliphatic rings. The maximum absolute atomic E-state index is 8.99. The molecule has 2 aromatic rings. The maximum atomic E-state index is 8.99. The molecule has 15 heavy (non-hydrogen) atoms. The highest BCUT2D eigenvalue weighted by Gasteiger charge is 2.10. The minimum absolute atomic E-state index is 0.453. The van der Waals surface area contributed by atoms with Gasteiger partial charge in [-0.25, -0.2) is 4.98 Å². The van der Waals surface area contributed by atoms with Crippen LogP contribution in [0.3, 0.4) is 0 Å². The molecule has 0 bridgehead atoms. The number of methoxy groups -OCH3 is 1. The number of fused-ring (bicyclic) bond motifs is 1. The van der Waals surface area contributed by atoms with Gasteiger partial charge in [0, 0.05) is 12.3 Å². The van der Waals surface area contributed by atoms with Crippen LogP contribution in [0.5, 0.6) is 5.88 Å².